The number of hydrogen-bond acceptors (Lipinski definition) is 13. The second-order valence-corrected chi connectivity index (χ2v) is 22.3. The van der Waals surface area contributed by atoms with Crippen LogP contribution in [0.4, 0.5) is 20.1 Å². The first-order valence-corrected chi connectivity index (χ1v) is 28.8. The molecule has 0 unspecified atom stereocenters. The van der Waals surface area contributed by atoms with Crippen molar-refractivity contribution >= 4 is 45.8 Å². The van der Waals surface area contributed by atoms with E-state index in [1.807, 2.05) is 49.8 Å². The Kier molecular flexibility index (Phi) is 20.3. The van der Waals surface area contributed by atoms with E-state index in [1.54, 1.807) is 95.9 Å². The van der Waals surface area contributed by atoms with Gasteiger partial charge in [0.25, 0.3) is 10.2 Å². The van der Waals surface area contributed by atoms with E-state index in [0.29, 0.717) is 61.1 Å². The lowest BCUT2D eigenvalue weighted by Crippen LogP contribution is -2.48. The van der Waals surface area contributed by atoms with Crippen LogP contribution in [0.25, 0.3) is 33.8 Å². The molecule has 5 N–H and O–H groups in total. The van der Waals surface area contributed by atoms with E-state index in [-0.39, 0.29) is 72.9 Å². The minimum absolute atomic E-state index is 0. The van der Waals surface area contributed by atoms with Gasteiger partial charge in [0.2, 0.25) is 11.8 Å². The summed E-state index contributed by atoms with van der Waals surface area (Å²) in [7, 11) is 1.53. The molecule has 6 aromatic rings. The van der Waals surface area contributed by atoms with Crippen LogP contribution in [0, 0.1) is 19.8 Å². The number of nitrogens with one attached hydrogen (secondary N) is 1. The zero-order valence-electron chi connectivity index (χ0n) is 46.7. The van der Waals surface area contributed by atoms with E-state index in [1.165, 1.54) is 32.7 Å². The number of likely N-dealkylation sites (tertiary alicyclic amines) is 2. The minimum atomic E-state index is -3.85. The van der Waals surface area contributed by atoms with Crippen molar-refractivity contribution in [3.8, 4) is 45.3 Å². The van der Waals surface area contributed by atoms with E-state index >= 15 is 0 Å². The summed E-state index contributed by atoms with van der Waals surface area (Å²) in [6, 6.07) is 17.1. The number of aryl methyl sites for hydroxylation is 2. The van der Waals surface area contributed by atoms with Gasteiger partial charge < -0.3 is 39.4 Å². The molecule has 0 bridgehead atoms. The fourth-order valence-electron chi connectivity index (χ4n) is 10.1. The van der Waals surface area contributed by atoms with Gasteiger partial charge in [0, 0.05) is 126 Å². The molecule has 82 heavy (non-hydrogen) atoms. The molecule has 24 heteroatoms. The van der Waals surface area contributed by atoms with Gasteiger partial charge >= 0.3 is 18.1 Å². The lowest BCUT2D eigenvalue weighted by atomic mass is 10.0. The third-order valence-corrected chi connectivity index (χ3v) is 15.9. The maximum Gasteiger partial charge on any atom is 0.329 e. The lowest BCUT2D eigenvalue weighted by Gasteiger charge is -2.36. The van der Waals surface area contributed by atoms with Crippen LogP contribution in [0.3, 0.4) is 0 Å². The summed E-state index contributed by atoms with van der Waals surface area (Å²) in [6.45, 7) is 9.66. The van der Waals surface area contributed by atoms with Gasteiger partial charge in [-0.2, -0.15) is 8.42 Å². The summed E-state index contributed by atoms with van der Waals surface area (Å²) in [5.74, 6) is 1.19. The van der Waals surface area contributed by atoms with Crippen LogP contribution in [-0.4, -0.2) is 180 Å². The molecular formula is C58H77N13O10S. The average Bonchev–Trinajstić information content (AvgIpc) is 3.87. The first-order chi connectivity index (χ1) is 38.7. The normalized spacial score (nSPS) is 15.9. The van der Waals surface area contributed by atoms with Crippen LogP contribution in [-0.2, 0) is 24.5 Å². The second-order valence-electron chi connectivity index (χ2n) is 21.0. The summed E-state index contributed by atoms with van der Waals surface area (Å²) in [5.41, 5.74) is 6.16. The molecule has 1 saturated carbocycles. The molecule has 4 fully saturated rings. The predicted molar refractivity (Wildman–Crippen MR) is 311 cm³/mol. The monoisotopic (exact) mass is 1150 g/mol. The van der Waals surface area contributed by atoms with Gasteiger partial charge in [0.1, 0.15) is 30.5 Å². The zero-order chi connectivity index (χ0) is 58.1. The smallest absolute Gasteiger partial charge is 0.329 e. The Balaban J connectivity index is 0.000000176. The molecule has 23 nitrogen and oxygen atoms in total. The third-order valence-electron chi connectivity index (χ3n) is 15.4. The van der Waals surface area contributed by atoms with Crippen LogP contribution in [0.2, 0.25) is 0 Å². The van der Waals surface area contributed by atoms with Crippen LogP contribution in [0.1, 0.15) is 83.3 Å². The van der Waals surface area contributed by atoms with Crippen LogP contribution >= 0.6 is 0 Å². The van der Waals surface area contributed by atoms with Gasteiger partial charge in [0.15, 0.2) is 0 Å². The number of nitrogens with zero attached hydrogens (tertiary/aromatic N) is 11. The molecule has 10 rings (SSSR count). The highest BCUT2D eigenvalue weighted by Crippen LogP contribution is 2.33. The van der Waals surface area contributed by atoms with Crippen molar-refractivity contribution in [2.24, 2.45) is 11.1 Å². The summed E-state index contributed by atoms with van der Waals surface area (Å²) >= 11 is 0. The van der Waals surface area contributed by atoms with Gasteiger partial charge in [-0.3, -0.25) is 28.0 Å². The number of nitrogens with two attached hydrogens (primary N) is 1. The summed E-state index contributed by atoms with van der Waals surface area (Å²) in [5, 5.41) is 24.3. The van der Waals surface area contributed by atoms with Crippen molar-refractivity contribution in [3.63, 3.8) is 0 Å². The SMILES string of the molecule is C.CCC(=O)N1CCC(N(C)C(=O)n2cnc(-c3ccc(O)c(C)c3)c2)CC1.CN(C(=O)n1cnc(-c2cccc(NS(N)(=O)=O)c2)c1)C1CCOCC1.Cc1cc(-c2cn(C(=O)N(C)C3CCN(C(=O)C4CC4)CC3)cn2)ccc1O. The summed E-state index contributed by atoms with van der Waals surface area (Å²) in [6.07, 6.45) is 16.9. The number of aromatic hydroxyl groups is 2. The van der Waals surface area contributed by atoms with Gasteiger partial charge in [0.05, 0.1) is 22.8 Å². The Morgan fingerprint density at radius 2 is 1.01 bits per heavy atom. The number of anilines is 1. The highest BCUT2D eigenvalue weighted by molar-refractivity contribution is 7.90. The standard InChI is InChI=1S/C21H26N4O3.C20H26N4O3.C16H21N5O4S.CH4/c1-14-11-16(5-6-19(14)26)18-12-25(13-22-18)21(28)23(2)17-7-9-24(10-8-17)20(27)15-3-4-15;1-4-19(26)23-9-7-16(8-10-23)22(3)20(27)24-12-17(21-13-24)15-5-6-18(25)14(2)11-15;1-20(14-5-7-25-8-6-14)16(22)21-10-15(18-11-21)12-3-2-4-13(9-12)19-26(17,23)24;/h5-6,11-13,15,17,26H,3-4,7-10H2,1-2H3;5-6,11-13,16,25H,4,7-10H2,1-3H3;2-4,9-11,14,19H,5-8H2,1H3,(H2,17,23,24);1H4. The van der Waals surface area contributed by atoms with E-state index in [9.17, 15) is 42.6 Å². The molecule has 3 aromatic carbocycles. The van der Waals surface area contributed by atoms with Crippen LogP contribution in [0.5, 0.6) is 11.5 Å². The van der Waals surface area contributed by atoms with Crippen LogP contribution < -0.4 is 9.86 Å². The molecule has 0 radical (unpaired) electrons. The predicted octanol–water partition coefficient (Wildman–Crippen LogP) is 7.61. The van der Waals surface area contributed by atoms with Crippen molar-refractivity contribution in [2.75, 3.05) is 65.3 Å². The van der Waals surface area contributed by atoms with Crippen molar-refractivity contribution in [2.45, 2.75) is 104 Å². The Morgan fingerprint density at radius 3 is 1.40 bits per heavy atom. The fourth-order valence-corrected chi connectivity index (χ4v) is 10.6. The Morgan fingerprint density at radius 1 is 0.610 bits per heavy atom. The highest BCUT2D eigenvalue weighted by Gasteiger charge is 2.36. The van der Waals surface area contributed by atoms with Gasteiger partial charge in [-0.05, 0) is 125 Å². The molecule has 5 amide bonds. The molecular weight excluding hydrogens is 1070 g/mol. The van der Waals surface area contributed by atoms with E-state index < -0.39 is 10.2 Å². The number of amides is 5. The number of carbonyl (C=O) groups is 5. The van der Waals surface area contributed by atoms with E-state index in [0.717, 1.165) is 86.7 Å². The Bertz CT molecular complexity index is 3310. The summed E-state index contributed by atoms with van der Waals surface area (Å²) < 4.78 is 34.3. The summed E-state index contributed by atoms with van der Waals surface area (Å²) in [4.78, 5) is 84.3. The molecule has 440 valence electrons. The van der Waals surface area contributed by atoms with Crippen molar-refractivity contribution in [1.29, 1.82) is 0 Å². The van der Waals surface area contributed by atoms with Crippen molar-refractivity contribution < 1.29 is 47.3 Å². The van der Waals surface area contributed by atoms with Crippen molar-refractivity contribution in [1.82, 2.24) is 53.2 Å². The van der Waals surface area contributed by atoms with Gasteiger partial charge in [-0.1, -0.05) is 26.5 Å². The number of carbonyl (C=O) groups excluding carboxylic acids is 5. The number of benzene rings is 3. The molecule has 4 aliphatic rings. The molecule has 6 heterocycles. The minimum Gasteiger partial charge on any atom is -0.508 e. The average molecular weight is 1150 g/mol. The number of ether oxygens (including phenoxy) is 1. The number of phenolic OH excluding ortho intramolecular Hbond substituents is 2. The molecule has 0 spiro atoms. The molecule has 3 aromatic heterocycles. The second kappa shape index (κ2) is 27.1. The molecule has 3 aliphatic heterocycles. The molecule has 1 aliphatic carbocycles. The number of imidazole rings is 3. The maximum atomic E-state index is 12.9. The Labute approximate surface area is 479 Å². The maximum absolute atomic E-state index is 12.9. The largest absolute Gasteiger partial charge is 0.508 e. The number of hydrogen-bond donors (Lipinski definition) is 4. The fraction of sp³-hybridized carbons (Fsp3) is 0.448. The topological polar surface area (TPSA) is 277 Å². The number of phenols is 2. The quantitative estimate of drug-likeness (QED) is 0.103. The zero-order valence-corrected chi connectivity index (χ0v) is 47.5. The molecule has 3 saturated heterocycles. The number of aromatic nitrogens is 6. The number of rotatable bonds is 10. The number of piperidine rings is 2. The third kappa shape index (κ3) is 15.5. The van der Waals surface area contributed by atoms with Gasteiger partial charge in [-0.25, -0.2) is 34.5 Å². The van der Waals surface area contributed by atoms with E-state index in [4.69, 9.17) is 9.88 Å². The van der Waals surface area contributed by atoms with E-state index in [2.05, 4.69) is 19.7 Å². The highest BCUT2D eigenvalue weighted by atomic mass is 32.2. The first kappa shape index (κ1) is 61.5. The first-order valence-electron chi connectivity index (χ1n) is 27.3. The molecule has 0 atom stereocenters. The Hall–Kier alpha value is -8.09. The van der Waals surface area contributed by atoms with Crippen LogP contribution in [0.15, 0.2) is 98.2 Å². The van der Waals surface area contributed by atoms with Gasteiger partial charge in [-0.15, -0.1) is 0 Å². The van der Waals surface area contributed by atoms with Crippen molar-refractivity contribution in [3.05, 3.63) is 109 Å². The lowest BCUT2D eigenvalue weighted by molar-refractivity contribution is -0.134.